The molecule has 6 nitrogen and oxygen atoms in total. The minimum absolute atomic E-state index is 0.165. The van der Waals surface area contributed by atoms with Gasteiger partial charge in [-0.1, -0.05) is 36.4 Å². The SMILES string of the molecule is COc1ccc(-c2ccccc2)cc1N1C(=O)[C@@H]2C[C@H]1CN2S(C)(=O)=O. The summed E-state index contributed by atoms with van der Waals surface area (Å²) < 4.78 is 30.6. The fraction of sp³-hybridized carbons (Fsp3) is 0.316. The average Bonchev–Trinajstić information content (AvgIpc) is 3.20. The van der Waals surface area contributed by atoms with E-state index in [0.29, 0.717) is 24.4 Å². The average molecular weight is 372 g/mol. The Labute approximate surface area is 153 Å². The van der Waals surface area contributed by atoms with E-state index in [1.54, 1.807) is 12.0 Å². The van der Waals surface area contributed by atoms with Gasteiger partial charge in [0.15, 0.2) is 0 Å². The third-order valence-corrected chi connectivity index (χ3v) is 6.35. The highest BCUT2D eigenvalue weighted by atomic mass is 32.2. The second kappa shape index (κ2) is 6.10. The first-order valence-electron chi connectivity index (χ1n) is 8.43. The molecule has 0 unspecified atom stereocenters. The fourth-order valence-electron chi connectivity index (χ4n) is 3.91. The zero-order chi connectivity index (χ0) is 18.5. The fourth-order valence-corrected chi connectivity index (χ4v) is 4.99. The van der Waals surface area contributed by atoms with Crippen molar-refractivity contribution in [3.05, 3.63) is 48.5 Å². The Morgan fingerprint density at radius 1 is 1.08 bits per heavy atom. The van der Waals surface area contributed by atoms with E-state index in [-0.39, 0.29) is 11.9 Å². The summed E-state index contributed by atoms with van der Waals surface area (Å²) in [6, 6.07) is 14.9. The molecule has 2 aromatic carbocycles. The van der Waals surface area contributed by atoms with Crippen molar-refractivity contribution in [1.82, 2.24) is 4.31 Å². The van der Waals surface area contributed by atoms with Crippen molar-refractivity contribution in [2.24, 2.45) is 0 Å². The molecule has 0 saturated carbocycles. The predicted molar refractivity (Wildman–Crippen MR) is 99.7 cm³/mol. The number of ether oxygens (including phenoxy) is 1. The standard InChI is InChI=1S/C19H20N2O4S/c1-25-18-9-8-14(13-6-4-3-5-7-13)10-16(18)21-15-11-17(19(21)22)20(12-15)26(2,23)24/h3-10,15,17H,11-12H2,1-2H3/t15-,17-/m0/s1. The van der Waals surface area contributed by atoms with Gasteiger partial charge in [-0.25, -0.2) is 8.42 Å². The first-order valence-corrected chi connectivity index (χ1v) is 10.3. The van der Waals surface area contributed by atoms with Crippen LogP contribution in [0.5, 0.6) is 5.75 Å². The van der Waals surface area contributed by atoms with Gasteiger partial charge in [0, 0.05) is 6.54 Å². The molecule has 26 heavy (non-hydrogen) atoms. The van der Waals surface area contributed by atoms with E-state index in [0.717, 1.165) is 17.4 Å². The monoisotopic (exact) mass is 372 g/mol. The molecule has 2 aliphatic rings. The Bertz CT molecular complexity index is 959. The van der Waals surface area contributed by atoms with Crippen molar-refractivity contribution in [3.8, 4) is 16.9 Å². The van der Waals surface area contributed by atoms with E-state index in [9.17, 15) is 13.2 Å². The molecule has 0 N–H and O–H groups in total. The highest BCUT2D eigenvalue weighted by molar-refractivity contribution is 7.88. The maximum Gasteiger partial charge on any atom is 0.245 e. The molecule has 0 aliphatic carbocycles. The van der Waals surface area contributed by atoms with Crippen molar-refractivity contribution < 1.29 is 17.9 Å². The lowest BCUT2D eigenvalue weighted by atomic mass is 10.0. The topological polar surface area (TPSA) is 66.9 Å². The number of hydrogen-bond donors (Lipinski definition) is 0. The highest BCUT2D eigenvalue weighted by Crippen LogP contribution is 2.42. The lowest BCUT2D eigenvalue weighted by Gasteiger charge is -2.33. The summed E-state index contributed by atoms with van der Waals surface area (Å²) in [5, 5.41) is 0. The number of rotatable bonds is 4. The van der Waals surface area contributed by atoms with Crippen molar-refractivity contribution in [3.63, 3.8) is 0 Å². The summed E-state index contributed by atoms with van der Waals surface area (Å²) in [5.41, 5.74) is 2.72. The number of amides is 1. The van der Waals surface area contributed by atoms with Gasteiger partial charge < -0.3 is 9.64 Å². The molecule has 136 valence electrons. The third kappa shape index (κ3) is 2.68. The quantitative estimate of drug-likeness (QED) is 0.824. The molecule has 2 aromatic rings. The number of benzene rings is 2. The Morgan fingerprint density at radius 2 is 1.81 bits per heavy atom. The number of hydrogen-bond acceptors (Lipinski definition) is 4. The molecule has 4 rings (SSSR count). The van der Waals surface area contributed by atoms with E-state index in [2.05, 4.69) is 0 Å². The summed E-state index contributed by atoms with van der Waals surface area (Å²) in [4.78, 5) is 14.6. The number of fused-ring (bicyclic) bond motifs is 2. The van der Waals surface area contributed by atoms with Gasteiger partial charge in [-0.05, 0) is 29.7 Å². The molecule has 0 spiro atoms. The summed E-state index contributed by atoms with van der Waals surface area (Å²) in [6.45, 7) is 0.327. The highest BCUT2D eigenvalue weighted by Gasteiger charge is 2.53. The number of carbonyl (C=O) groups excluding carboxylic acids is 1. The van der Waals surface area contributed by atoms with E-state index < -0.39 is 16.1 Å². The van der Waals surface area contributed by atoms with Gasteiger partial charge in [0.2, 0.25) is 15.9 Å². The molecule has 2 fully saturated rings. The van der Waals surface area contributed by atoms with Crippen LogP contribution in [0.1, 0.15) is 6.42 Å². The lowest BCUT2D eigenvalue weighted by molar-refractivity contribution is -0.121. The number of piperazine rings is 1. The maximum atomic E-state index is 12.9. The van der Waals surface area contributed by atoms with Crippen molar-refractivity contribution in [2.75, 3.05) is 24.8 Å². The summed E-state index contributed by atoms with van der Waals surface area (Å²) >= 11 is 0. The lowest BCUT2D eigenvalue weighted by Crippen LogP contribution is -2.52. The van der Waals surface area contributed by atoms with Crippen LogP contribution in [0.4, 0.5) is 5.69 Å². The largest absolute Gasteiger partial charge is 0.495 e. The van der Waals surface area contributed by atoms with E-state index in [1.807, 2.05) is 48.5 Å². The molecule has 7 heteroatoms. The van der Waals surface area contributed by atoms with Gasteiger partial charge in [0.05, 0.1) is 25.1 Å². The van der Waals surface area contributed by atoms with Crippen molar-refractivity contribution in [1.29, 1.82) is 0 Å². The zero-order valence-corrected chi connectivity index (χ0v) is 15.4. The zero-order valence-electron chi connectivity index (χ0n) is 14.6. The predicted octanol–water partition coefficient (Wildman–Crippen LogP) is 2.11. The first-order chi connectivity index (χ1) is 12.4. The molecular weight excluding hydrogens is 352 g/mol. The molecule has 2 bridgehead atoms. The van der Waals surface area contributed by atoms with Crippen LogP contribution in [0, 0.1) is 0 Å². The van der Waals surface area contributed by atoms with Crippen LogP contribution in [0.2, 0.25) is 0 Å². The van der Waals surface area contributed by atoms with Crippen LogP contribution in [0.25, 0.3) is 11.1 Å². The molecule has 1 amide bonds. The Morgan fingerprint density at radius 3 is 2.42 bits per heavy atom. The molecule has 2 atom stereocenters. The van der Waals surface area contributed by atoms with Crippen molar-refractivity contribution in [2.45, 2.75) is 18.5 Å². The van der Waals surface area contributed by atoms with Crippen LogP contribution in [-0.4, -0.2) is 50.6 Å². The number of anilines is 1. The minimum atomic E-state index is -3.38. The molecular formula is C19H20N2O4S. The second-order valence-corrected chi connectivity index (χ2v) is 8.63. The van der Waals surface area contributed by atoms with E-state index in [1.165, 1.54) is 4.31 Å². The van der Waals surface area contributed by atoms with Crippen LogP contribution in [0.3, 0.4) is 0 Å². The number of nitrogens with zero attached hydrogens (tertiary/aromatic N) is 2. The number of carbonyl (C=O) groups is 1. The summed E-state index contributed by atoms with van der Waals surface area (Å²) in [5.74, 6) is 0.423. The maximum absolute atomic E-state index is 12.9. The Balaban J connectivity index is 1.74. The summed E-state index contributed by atoms with van der Waals surface area (Å²) in [6.07, 6.45) is 1.67. The van der Waals surface area contributed by atoms with Gasteiger partial charge in [-0.2, -0.15) is 4.31 Å². The number of sulfonamides is 1. The van der Waals surface area contributed by atoms with Gasteiger partial charge in [0.1, 0.15) is 11.8 Å². The van der Waals surface area contributed by atoms with Crippen LogP contribution in [-0.2, 0) is 14.8 Å². The minimum Gasteiger partial charge on any atom is -0.495 e. The van der Waals surface area contributed by atoms with Crippen LogP contribution < -0.4 is 9.64 Å². The van der Waals surface area contributed by atoms with Gasteiger partial charge in [-0.3, -0.25) is 4.79 Å². The van der Waals surface area contributed by atoms with E-state index in [4.69, 9.17) is 4.74 Å². The number of methoxy groups -OCH3 is 1. The first kappa shape index (κ1) is 17.1. The molecule has 2 aliphatic heterocycles. The Hall–Kier alpha value is -2.38. The van der Waals surface area contributed by atoms with Gasteiger partial charge in [0.25, 0.3) is 0 Å². The van der Waals surface area contributed by atoms with Gasteiger partial charge in [-0.15, -0.1) is 0 Å². The smallest absolute Gasteiger partial charge is 0.245 e. The van der Waals surface area contributed by atoms with Gasteiger partial charge >= 0.3 is 0 Å². The molecule has 0 aromatic heterocycles. The normalized spacial score (nSPS) is 22.8. The van der Waals surface area contributed by atoms with Crippen molar-refractivity contribution >= 4 is 21.6 Å². The molecule has 0 radical (unpaired) electrons. The molecule has 2 saturated heterocycles. The summed E-state index contributed by atoms with van der Waals surface area (Å²) in [7, 11) is -1.81. The van der Waals surface area contributed by atoms with Crippen LogP contribution >= 0.6 is 0 Å². The third-order valence-electron chi connectivity index (χ3n) is 5.09. The second-order valence-electron chi connectivity index (χ2n) is 6.70. The van der Waals surface area contributed by atoms with E-state index >= 15 is 0 Å². The van der Waals surface area contributed by atoms with Crippen LogP contribution in [0.15, 0.2) is 48.5 Å². The Kier molecular flexibility index (Phi) is 4.00. The molecule has 2 heterocycles.